The quantitative estimate of drug-likeness (QED) is 0.686. The predicted molar refractivity (Wildman–Crippen MR) is 75.3 cm³/mol. The van der Waals surface area contributed by atoms with E-state index >= 15 is 0 Å². The van der Waals surface area contributed by atoms with Crippen LogP contribution in [-0.2, 0) is 19.7 Å². The van der Waals surface area contributed by atoms with Crippen molar-refractivity contribution in [2.75, 3.05) is 26.2 Å². The maximum atomic E-state index is 12.7. The number of carbonyl (C=O) groups is 1. The molecule has 1 saturated carbocycles. The zero-order valence-corrected chi connectivity index (χ0v) is 13.1. The molecule has 0 bridgehead atoms. The summed E-state index contributed by atoms with van der Waals surface area (Å²) >= 11 is 0. The topological polar surface area (TPSA) is 66.9 Å². The van der Waals surface area contributed by atoms with Gasteiger partial charge in [-0.15, -0.1) is 0 Å². The molecule has 1 heterocycles. The van der Waals surface area contributed by atoms with E-state index in [4.69, 9.17) is 4.74 Å². The van der Waals surface area contributed by atoms with Crippen LogP contribution in [0.3, 0.4) is 0 Å². The van der Waals surface area contributed by atoms with Gasteiger partial charge in [-0.1, -0.05) is 6.92 Å². The smallest absolute Gasteiger partial charge is 0.321 e. The number of carbonyl (C=O) groups excluding carboxylic acids is 1. The third-order valence-electron chi connectivity index (χ3n) is 3.91. The highest BCUT2D eigenvalue weighted by Gasteiger charge is 2.42. The molecule has 1 aliphatic heterocycles. The second kappa shape index (κ2) is 6.41. The minimum atomic E-state index is -3.53. The Balaban J connectivity index is 2.05. The van der Waals surface area contributed by atoms with E-state index in [0.717, 1.165) is 25.7 Å². The van der Waals surface area contributed by atoms with Gasteiger partial charge in [-0.25, -0.2) is 0 Å². The lowest BCUT2D eigenvalue weighted by Crippen LogP contribution is -2.49. The summed E-state index contributed by atoms with van der Waals surface area (Å²) in [6, 6.07) is -0.0243. The first kappa shape index (κ1) is 15.7. The number of hydrogen-bond acceptors (Lipinski definition) is 4. The molecule has 2 fully saturated rings. The van der Waals surface area contributed by atoms with Gasteiger partial charge in [0.05, 0.1) is 6.61 Å². The summed E-state index contributed by atoms with van der Waals surface area (Å²) in [4.78, 5) is 11.6. The lowest BCUT2D eigenvalue weighted by atomic mass is 10.0. The Morgan fingerprint density at radius 2 is 1.85 bits per heavy atom. The van der Waals surface area contributed by atoms with Gasteiger partial charge >= 0.3 is 5.97 Å². The summed E-state index contributed by atoms with van der Waals surface area (Å²) in [5.41, 5.74) is 0. The Morgan fingerprint density at radius 1 is 1.25 bits per heavy atom. The number of hydrogen-bond donors (Lipinski definition) is 0. The van der Waals surface area contributed by atoms with Crippen molar-refractivity contribution in [1.29, 1.82) is 0 Å². The molecular weight excluding hydrogens is 280 g/mol. The lowest BCUT2D eigenvalue weighted by Gasteiger charge is -2.33. The van der Waals surface area contributed by atoms with Crippen molar-refractivity contribution < 1.29 is 17.9 Å². The zero-order chi connectivity index (χ0) is 14.8. The summed E-state index contributed by atoms with van der Waals surface area (Å²) in [5.74, 6) is 0.106. The molecule has 0 unspecified atom stereocenters. The Bertz CT molecular complexity index is 439. The van der Waals surface area contributed by atoms with Gasteiger partial charge in [-0.2, -0.15) is 17.0 Å². The Morgan fingerprint density at radius 3 is 2.35 bits per heavy atom. The average molecular weight is 304 g/mol. The number of rotatable bonds is 6. The first-order chi connectivity index (χ1) is 9.45. The highest BCUT2D eigenvalue weighted by Crippen LogP contribution is 2.31. The van der Waals surface area contributed by atoms with Gasteiger partial charge in [0.1, 0.15) is 6.54 Å². The molecular formula is C13H24N2O4S. The molecule has 20 heavy (non-hydrogen) atoms. The zero-order valence-electron chi connectivity index (χ0n) is 12.2. The summed E-state index contributed by atoms with van der Waals surface area (Å²) in [7, 11) is -3.53. The van der Waals surface area contributed by atoms with Gasteiger partial charge in [0, 0.05) is 19.1 Å². The molecule has 0 atom stereocenters. The van der Waals surface area contributed by atoms with Crippen LogP contribution in [0.4, 0.5) is 0 Å². The van der Waals surface area contributed by atoms with E-state index in [9.17, 15) is 13.2 Å². The van der Waals surface area contributed by atoms with Gasteiger partial charge in [0.15, 0.2) is 0 Å². The molecule has 1 aliphatic carbocycles. The van der Waals surface area contributed by atoms with E-state index in [1.807, 2.05) is 0 Å². The van der Waals surface area contributed by atoms with Gasteiger partial charge in [-0.3, -0.25) is 4.79 Å². The van der Waals surface area contributed by atoms with Crippen molar-refractivity contribution in [2.24, 2.45) is 5.92 Å². The Labute approximate surface area is 121 Å². The van der Waals surface area contributed by atoms with Crippen LogP contribution in [-0.4, -0.2) is 55.3 Å². The van der Waals surface area contributed by atoms with Crippen LogP contribution in [0.25, 0.3) is 0 Å². The Hall–Kier alpha value is -0.660. The second-order valence-electron chi connectivity index (χ2n) is 5.67. The molecule has 0 aromatic heterocycles. The van der Waals surface area contributed by atoms with Crippen molar-refractivity contribution in [3.63, 3.8) is 0 Å². The second-order valence-corrected chi connectivity index (χ2v) is 7.55. The van der Waals surface area contributed by atoms with E-state index in [1.165, 1.54) is 8.61 Å². The van der Waals surface area contributed by atoms with Crippen LogP contribution in [0.1, 0.15) is 39.5 Å². The first-order valence-corrected chi connectivity index (χ1v) is 8.77. The van der Waals surface area contributed by atoms with Crippen LogP contribution in [0.15, 0.2) is 0 Å². The average Bonchev–Trinajstić information content (AvgIpc) is 3.21. The third kappa shape index (κ3) is 3.71. The monoisotopic (exact) mass is 304 g/mol. The highest BCUT2D eigenvalue weighted by molar-refractivity contribution is 7.86. The van der Waals surface area contributed by atoms with Crippen LogP contribution in [0.2, 0.25) is 0 Å². The summed E-state index contributed by atoms with van der Waals surface area (Å²) in [6.45, 7) is 5.08. The molecule has 0 amide bonds. The van der Waals surface area contributed by atoms with Gasteiger partial charge in [0.25, 0.3) is 10.2 Å². The van der Waals surface area contributed by atoms with E-state index in [1.54, 1.807) is 6.92 Å². The molecule has 7 heteroatoms. The SMILES string of the molecule is CCOC(=O)CN(C1CC1)S(=O)(=O)N1CCC(C)CC1. The summed E-state index contributed by atoms with van der Waals surface area (Å²) in [5, 5.41) is 0. The number of piperidine rings is 1. The standard InChI is InChI=1S/C13H24N2O4S/c1-3-19-13(16)10-15(12-4-5-12)20(17,18)14-8-6-11(2)7-9-14/h11-12H,3-10H2,1-2H3. The van der Waals surface area contributed by atoms with Crippen molar-refractivity contribution >= 4 is 16.2 Å². The molecule has 6 nitrogen and oxygen atoms in total. The first-order valence-electron chi connectivity index (χ1n) is 7.37. The summed E-state index contributed by atoms with van der Waals surface area (Å²) in [6.07, 6.45) is 3.44. The van der Waals surface area contributed by atoms with Crippen molar-refractivity contribution in [3.8, 4) is 0 Å². The lowest BCUT2D eigenvalue weighted by molar-refractivity contribution is -0.143. The number of esters is 1. The molecule has 0 aromatic carbocycles. The molecule has 2 rings (SSSR count). The molecule has 0 aromatic rings. The Kier molecular flexibility index (Phi) is 5.04. The fourth-order valence-electron chi connectivity index (χ4n) is 2.46. The van der Waals surface area contributed by atoms with Crippen LogP contribution < -0.4 is 0 Å². The van der Waals surface area contributed by atoms with Crippen molar-refractivity contribution in [2.45, 2.75) is 45.6 Å². The minimum absolute atomic E-state index is 0.0243. The van der Waals surface area contributed by atoms with Gasteiger partial charge in [0.2, 0.25) is 0 Å². The number of ether oxygens (including phenoxy) is 1. The van der Waals surface area contributed by atoms with Crippen molar-refractivity contribution in [1.82, 2.24) is 8.61 Å². The fourth-order valence-corrected chi connectivity index (χ4v) is 4.28. The molecule has 0 spiro atoms. The van der Waals surface area contributed by atoms with Gasteiger partial charge in [-0.05, 0) is 38.5 Å². The molecule has 116 valence electrons. The maximum Gasteiger partial charge on any atom is 0.321 e. The molecule has 2 aliphatic rings. The molecule has 0 N–H and O–H groups in total. The summed E-state index contributed by atoms with van der Waals surface area (Å²) < 4.78 is 33.1. The van der Waals surface area contributed by atoms with Crippen LogP contribution in [0, 0.1) is 5.92 Å². The van der Waals surface area contributed by atoms with E-state index < -0.39 is 16.2 Å². The number of nitrogens with zero attached hydrogens (tertiary/aromatic N) is 2. The van der Waals surface area contributed by atoms with E-state index in [0.29, 0.717) is 19.0 Å². The van der Waals surface area contributed by atoms with Crippen LogP contribution >= 0.6 is 0 Å². The normalized spacial score (nSPS) is 22.1. The fraction of sp³-hybridized carbons (Fsp3) is 0.923. The minimum Gasteiger partial charge on any atom is -0.465 e. The van der Waals surface area contributed by atoms with Crippen molar-refractivity contribution in [3.05, 3.63) is 0 Å². The van der Waals surface area contributed by atoms with Crippen LogP contribution in [0.5, 0.6) is 0 Å². The predicted octanol–water partition coefficient (Wildman–Crippen LogP) is 0.991. The third-order valence-corrected chi connectivity index (χ3v) is 5.95. The molecule has 0 radical (unpaired) electrons. The molecule has 1 saturated heterocycles. The highest BCUT2D eigenvalue weighted by atomic mass is 32.2. The van der Waals surface area contributed by atoms with Gasteiger partial charge < -0.3 is 4.74 Å². The van der Waals surface area contributed by atoms with E-state index in [-0.39, 0.29) is 19.2 Å². The van der Waals surface area contributed by atoms with E-state index in [2.05, 4.69) is 6.92 Å². The largest absolute Gasteiger partial charge is 0.465 e. The maximum absolute atomic E-state index is 12.7.